The van der Waals surface area contributed by atoms with Gasteiger partial charge in [-0.15, -0.1) is 0 Å². The fraction of sp³-hybridized carbons (Fsp3) is 0.619. The predicted octanol–water partition coefficient (Wildman–Crippen LogP) is 1.84. The molecule has 1 saturated heterocycles. The van der Waals surface area contributed by atoms with E-state index in [1.807, 2.05) is 0 Å². The van der Waals surface area contributed by atoms with E-state index in [0.29, 0.717) is 38.2 Å². The van der Waals surface area contributed by atoms with Crippen LogP contribution in [0.1, 0.15) is 48.9 Å². The van der Waals surface area contributed by atoms with Crippen molar-refractivity contribution in [1.29, 1.82) is 0 Å². The van der Waals surface area contributed by atoms with E-state index in [4.69, 9.17) is 9.84 Å². The summed E-state index contributed by atoms with van der Waals surface area (Å²) in [7, 11) is -3.57. The van der Waals surface area contributed by atoms with Crippen molar-refractivity contribution in [2.24, 2.45) is 11.8 Å². The number of carboxylic acid groups (broad SMARTS) is 1. The van der Waals surface area contributed by atoms with Crippen LogP contribution in [0.15, 0.2) is 23.1 Å². The largest absolute Gasteiger partial charge is 0.492 e. The Bertz CT molecular complexity index is 871. The van der Waals surface area contributed by atoms with Gasteiger partial charge in [0.2, 0.25) is 0 Å². The van der Waals surface area contributed by atoms with E-state index in [0.717, 1.165) is 32.2 Å². The highest BCUT2D eigenvalue weighted by atomic mass is 32.2. The molecule has 2 aliphatic rings. The molecule has 9 heteroatoms. The number of hydrogen-bond acceptors (Lipinski definition) is 6. The maximum atomic E-state index is 12.7. The molecule has 1 aliphatic carbocycles. The summed E-state index contributed by atoms with van der Waals surface area (Å²) in [6, 6.07) is 4.38. The minimum absolute atomic E-state index is 0.0127. The molecule has 30 heavy (non-hydrogen) atoms. The number of amides is 1. The second-order valence-corrected chi connectivity index (χ2v) is 10.3. The molecule has 3 rings (SSSR count). The molecule has 0 radical (unpaired) electrons. The molecule has 0 unspecified atom stereocenters. The Morgan fingerprint density at radius 2 is 1.80 bits per heavy atom. The fourth-order valence-corrected chi connectivity index (χ4v) is 4.90. The van der Waals surface area contributed by atoms with Gasteiger partial charge in [-0.25, -0.2) is 8.42 Å². The van der Waals surface area contributed by atoms with E-state index in [2.05, 4.69) is 10.6 Å². The van der Waals surface area contributed by atoms with Crippen molar-refractivity contribution in [3.05, 3.63) is 23.8 Å². The Hall–Kier alpha value is -2.13. The Kier molecular flexibility index (Phi) is 7.36. The van der Waals surface area contributed by atoms with Gasteiger partial charge in [0.1, 0.15) is 10.6 Å². The van der Waals surface area contributed by atoms with E-state index >= 15 is 0 Å². The normalized spacial score (nSPS) is 23.0. The van der Waals surface area contributed by atoms with Crippen LogP contribution < -0.4 is 15.4 Å². The van der Waals surface area contributed by atoms with Crippen LogP contribution in [0.3, 0.4) is 0 Å². The number of carbonyl (C=O) groups is 2. The zero-order valence-corrected chi connectivity index (χ0v) is 18.0. The average molecular weight is 439 g/mol. The van der Waals surface area contributed by atoms with Gasteiger partial charge in [0.05, 0.1) is 12.5 Å². The van der Waals surface area contributed by atoms with E-state index in [1.165, 1.54) is 6.07 Å². The first-order valence-electron chi connectivity index (χ1n) is 10.5. The highest BCUT2D eigenvalue weighted by molar-refractivity contribution is 7.90. The minimum atomic E-state index is -3.57. The van der Waals surface area contributed by atoms with Gasteiger partial charge < -0.3 is 20.5 Å². The quantitative estimate of drug-likeness (QED) is 0.594. The van der Waals surface area contributed by atoms with Crippen molar-refractivity contribution in [3.8, 4) is 5.75 Å². The SMILES string of the molecule is CS(=O)(=O)c1cc(C(=O)N[C@H]2CC[C@H](C(=O)O)CC2)ccc1OCC1CCNCC1. The second-order valence-electron chi connectivity index (χ2n) is 8.30. The van der Waals surface area contributed by atoms with Crippen molar-refractivity contribution in [3.63, 3.8) is 0 Å². The van der Waals surface area contributed by atoms with Crippen LogP contribution in [0.2, 0.25) is 0 Å². The zero-order chi connectivity index (χ0) is 21.7. The maximum Gasteiger partial charge on any atom is 0.306 e. The zero-order valence-electron chi connectivity index (χ0n) is 17.2. The van der Waals surface area contributed by atoms with E-state index in [1.54, 1.807) is 12.1 Å². The second kappa shape index (κ2) is 9.78. The summed E-state index contributed by atoms with van der Waals surface area (Å²) in [4.78, 5) is 23.7. The first-order chi connectivity index (χ1) is 14.2. The number of benzene rings is 1. The number of carboxylic acids is 1. The van der Waals surface area contributed by atoms with Gasteiger partial charge in [0, 0.05) is 17.9 Å². The summed E-state index contributed by atoms with van der Waals surface area (Å²) in [5, 5.41) is 15.3. The maximum absolute atomic E-state index is 12.7. The number of sulfone groups is 1. The van der Waals surface area contributed by atoms with Crippen LogP contribution in [-0.4, -0.2) is 57.4 Å². The number of aliphatic carboxylic acids is 1. The molecule has 1 aromatic rings. The first kappa shape index (κ1) is 22.6. The molecule has 3 N–H and O–H groups in total. The Morgan fingerprint density at radius 3 is 2.40 bits per heavy atom. The number of rotatable bonds is 7. The molecule has 0 spiro atoms. The standard InChI is InChI=1S/C21H30N2O6S/c1-30(27,28)19-12-16(4-7-18(19)29-13-14-8-10-22-11-9-14)20(24)23-17-5-2-15(3-6-17)21(25)26/h4,7,12,14-15,17,22H,2-3,5-6,8-11,13H2,1H3,(H,23,24)(H,25,26)/t15-,17-. The van der Waals surface area contributed by atoms with Crippen LogP contribution in [0.25, 0.3) is 0 Å². The van der Waals surface area contributed by atoms with Gasteiger partial charge in [-0.1, -0.05) is 0 Å². The van der Waals surface area contributed by atoms with E-state index in [-0.39, 0.29) is 34.1 Å². The van der Waals surface area contributed by atoms with Crippen molar-refractivity contribution in [2.45, 2.75) is 49.5 Å². The molecule has 1 aromatic carbocycles. The van der Waals surface area contributed by atoms with Crippen molar-refractivity contribution < 1.29 is 27.9 Å². The van der Waals surface area contributed by atoms with E-state index in [9.17, 15) is 18.0 Å². The number of ether oxygens (including phenoxy) is 1. The highest BCUT2D eigenvalue weighted by Gasteiger charge is 2.27. The lowest BCUT2D eigenvalue weighted by molar-refractivity contribution is -0.142. The summed E-state index contributed by atoms with van der Waals surface area (Å²) in [6.07, 6.45) is 5.32. The molecule has 1 heterocycles. The summed E-state index contributed by atoms with van der Waals surface area (Å²) >= 11 is 0. The van der Waals surface area contributed by atoms with Crippen molar-refractivity contribution >= 4 is 21.7 Å². The smallest absolute Gasteiger partial charge is 0.306 e. The number of hydrogen-bond donors (Lipinski definition) is 3. The van der Waals surface area contributed by atoms with E-state index < -0.39 is 15.8 Å². The molecule has 166 valence electrons. The summed E-state index contributed by atoms with van der Waals surface area (Å²) in [6.45, 7) is 2.31. The van der Waals surface area contributed by atoms with Gasteiger partial charge in [-0.05, 0) is 75.7 Å². The third kappa shape index (κ3) is 5.95. The molecular formula is C21H30N2O6S. The molecule has 0 aromatic heterocycles. The molecule has 1 saturated carbocycles. The highest BCUT2D eigenvalue weighted by Crippen LogP contribution is 2.28. The molecule has 0 atom stereocenters. The molecule has 1 aliphatic heterocycles. The molecular weight excluding hydrogens is 408 g/mol. The molecule has 1 amide bonds. The van der Waals surface area contributed by atoms with Crippen molar-refractivity contribution in [1.82, 2.24) is 10.6 Å². The lowest BCUT2D eigenvalue weighted by Gasteiger charge is -2.27. The van der Waals surface area contributed by atoms with Gasteiger partial charge in [0.25, 0.3) is 5.91 Å². The Labute approximate surface area is 177 Å². The monoisotopic (exact) mass is 438 g/mol. The third-order valence-electron chi connectivity index (χ3n) is 5.95. The third-order valence-corrected chi connectivity index (χ3v) is 7.07. The van der Waals surface area contributed by atoms with Crippen molar-refractivity contribution in [2.75, 3.05) is 26.0 Å². The summed E-state index contributed by atoms with van der Waals surface area (Å²) < 4.78 is 30.4. The van der Waals surface area contributed by atoms with Crippen LogP contribution >= 0.6 is 0 Å². The molecule has 2 fully saturated rings. The van der Waals surface area contributed by atoms with Gasteiger partial charge in [-0.2, -0.15) is 0 Å². The van der Waals surface area contributed by atoms with Gasteiger partial charge in [-0.3, -0.25) is 9.59 Å². The molecule has 8 nitrogen and oxygen atoms in total. The Morgan fingerprint density at radius 1 is 1.13 bits per heavy atom. The first-order valence-corrected chi connectivity index (χ1v) is 12.3. The van der Waals surface area contributed by atoms with Crippen LogP contribution in [0.5, 0.6) is 5.75 Å². The average Bonchev–Trinajstić information content (AvgIpc) is 2.72. The lowest BCUT2D eigenvalue weighted by atomic mass is 9.86. The van der Waals surface area contributed by atoms with Gasteiger partial charge in [0.15, 0.2) is 9.84 Å². The van der Waals surface area contributed by atoms with Crippen LogP contribution in [-0.2, 0) is 14.6 Å². The molecule has 0 bridgehead atoms. The van der Waals surface area contributed by atoms with Crippen LogP contribution in [0.4, 0.5) is 0 Å². The topological polar surface area (TPSA) is 122 Å². The van der Waals surface area contributed by atoms with Gasteiger partial charge >= 0.3 is 5.97 Å². The number of carbonyl (C=O) groups excluding carboxylic acids is 1. The van der Waals surface area contributed by atoms with Crippen LogP contribution in [0, 0.1) is 11.8 Å². The lowest BCUT2D eigenvalue weighted by Crippen LogP contribution is -2.38. The summed E-state index contributed by atoms with van der Waals surface area (Å²) in [5.74, 6) is -0.857. The summed E-state index contributed by atoms with van der Waals surface area (Å²) in [5.41, 5.74) is 0.255. The fourth-order valence-electron chi connectivity index (χ4n) is 4.07. The predicted molar refractivity (Wildman–Crippen MR) is 111 cm³/mol. The minimum Gasteiger partial charge on any atom is -0.492 e. The number of piperidine rings is 1. The Balaban J connectivity index is 1.66. The number of nitrogens with one attached hydrogen (secondary N) is 2.